The molecule has 0 fully saturated rings. The second-order valence-electron chi connectivity index (χ2n) is 3.36. The van der Waals surface area contributed by atoms with Crippen LogP contribution in [0.1, 0.15) is 19.4 Å². The van der Waals surface area contributed by atoms with Crippen molar-refractivity contribution in [3.63, 3.8) is 0 Å². The Morgan fingerprint density at radius 2 is 2.47 bits per heavy atom. The maximum Gasteiger partial charge on any atom is 0.109 e. The van der Waals surface area contributed by atoms with Gasteiger partial charge in [0.1, 0.15) is 23.0 Å². The van der Waals surface area contributed by atoms with E-state index in [2.05, 4.69) is 18.5 Å². The van der Waals surface area contributed by atoms with E-state index in [9.17, 15) is 0 Å². The highest BCUT2D eigenvalue weighted by Gasteiger charge is 2.08. The van der Waals surface area contributed by atoms with Crippen molar-refractivity contribution in [2.75, 3.05) is 6.61 Å². The first kappa shape index (κ1) is 13.0. The van der Waals surface area contributed by atoms with Crippen molar-refractivity contribution in [1.82, 2.24) is 4.98 Å². The molecule has 0 N–H and O–H groups in total. The summed E-state index contributed by atoms with van der Waals surface area (Å²) in [5.41, 5.74) is 2.25. The van der Waals surface area contributed by atoms with Gasteiger partial charge in [-0.25, -0.2) is 0 Å². The lowest BCUT2D eigenvalue weighted by Crippen LogP contribution is -2.03. The Labute approximate surface area is 109 Å². The molecule has 0 radical (unpaired) electrons. The summed E-state index contributed by atoms with van der Waals surface area (Å²) in [5, 5.41) is 0.421. The van der Waals surface area contributed by atoms with E-state index in [0.717, 1.165) is 12.2 Å². The predicted octanol–water partition coefficient (Wildman–Crippen LogP) is 3.96. The van der Waals surface area contributed by atoms with E-state index in [1.165, 1.54) is 10.5 Å². The first-order valence-corrected chi connectivity index (χ1v) is 6.41. The minimum absolute atomic E-state index is 0.421. The highest BCUT2D eigenvalue weighted by atomic mass is 127. The van der Waals surface area contributed by atoms with E-state index >= 15 is 0 Å². The molecule has 1 atom stereocenters. The van der Waals surface area contributed by atoms with Gasteiger partial charge in [-0.2, -0.15) is 0 Å². The van der Waals surface area contributed by atoms with Crippen molar-refractivity contribution in [1.29, 1.82) is 0 Å². The molecule has 0 spiro atoms. The van der Waals surface area contributed by atoms with Crippen LogP contribution in [0, 0.1) is 0 Å². The van der Waals surface area contributed by atoms with Crippen molar-refractivity contribution >= 4 is 40.3 Å². The summed E-state index contributed by atoms with van der Waals surface area (Å²) in [5.74, 6) is 0. The second-order valence-corrected chi connectivity index (χ2v) is 5.46. The average Bonchev–Trinajstić information content (AvgIpc) is 2.18. The van der Waals surface area contributed by atoms with Crippen molar-refractivity contribution in [3.8, 4) is 0 Å². The minimum atomic E-state index is 0.421. The normalized spacial score (nSPS) is 12.5. The van der Waals surface area contributed by atoms with Crippen molar-refractivity contribution in [2.24, 2.45) is 0 Å². The van der Waals surface area contributed by atoms with Gasteiger partial charge in [-0.3, -0.25) is 4.98 Å². The fourth-order valence-electron chi connectivity index (χ4n) is 1.17. The molecule has 2 nitrogen and oxygen atoms in total. The molecule has 0 bridgehead atoms. The Hall–Kier alpha value is -0.0700. The van der Waals surface area contributed by atoms with Crippen LogP contribution in [0.2, 0.25) is 0 Å². The summed E-state index contributed by atoms with van der Waals surface area (Å²) in [6, 6.07) is 2.00. The van der Waals surface area contributed by atoms with Crippen molar-refractivity contribution in [2.45, 2.75) is 24.0 Å². The van der Waals surface area contributed by atoms with Crippen LogP contribution < -0.4 is 0 Å². The first-order chi connectivity index (χ1) is 7.15. The molecule has 0 aromatic carbocycles. The minimum Gasteiger partial charge on any atom is -0.315 e. The second kappa shape index (κ2) is 6.50. The molecule has 1 unspecified atom stereocenters. The van der Waals surface area contributed by atoms with Crippen LogP contribution in [-0.2, 0) is 3.07 Å². The van der Waals surface area contributed by atoms with Crippen LogP contribution in [0.4, 0.5) is 0 Å². The van der Waals surface area contributed by atoms with Gasteiger partial charge in [0, 0.05) is 22.5 Å². The zero-order valence-electron chi connectivity index (χ0n) is 8.87. The number of nitrogens with zero attached hydrogens (tertiary/aromatic N) is 1. The standard InChI is InChI=1S/C11H14INOS/c1-8(2)10-4-5-13-6-11(10)15-9(3)7-14-12/h4-6,9H,1,7H2,2-3H3. The molecule has 0 aliphatic carbocycles. The third kappa shape index (κ3) is 4.12. The molecule has 1 rings (SSSR count). The zero-order valence-corrected chi connectivity index (χ0v) is 11.8. The zero-order chi connectivity index (χ0) is 11.3. The van der Waals surface area contributed by atoms with Gasteiger partial charge in [-0.15, -0.1) is 11.8 Å². The van der Waals surface area contributed by atoms with Crippen LogP contribution in [0.15, 0.2) is 29.9 Å². The number of hydrogen-bond acceptors (Lipinski definition) is 3. The molecular weight excluding hydrogens is 321 g/mol. The number of thioether (sulfide) groups is 1. The molecule has 0 saturated carbocycles. The third-order valence-corrected chi connectivity index (χ3v) is 3.35. The number of halogens is 1. The molecule has 82 valence electrons. The molecule has 1 heterocycles. The smallest absolute Gasteiger partial charge is 0.109 e. The Balaban J connectivity index is 2.79. The van der Waals surface area contributed by atoms with Gasteiger partial charge in [0.05, 0.1) is 6.61 Å². The van der Waals surface area contributed by atoms with E-state index in [-0.39, 0.29) is 0 Å². The van der Waals surface area contributed by atoms with Crippen molar-refractivity contribution in [3.05, 3.63) is 30.6 Å². The summed E-state index contributed by atoms with van der Waals surface area (Å²) in [6.07, 6.45) is 3.69. The van der Waals surface area contributed by atoms with Gasteiger partial charge < -0.3 is 3.07 Å². The molecule has 4 heteroatoms. The Bertz CT molecular complexity index is 343. The first-order valence-electron chi connectivity index (χ1n) is 4.65. The predicted molar refractivity (Wildman–Crippen MR) is 74.2 cm³/mol. The van der Waals surface area contributed by atoms with E-state index in [0.29, 0.717) is 5.25 Å². The molecule has 1 aromatic rings. The van der Waals surface area contributed by atoms with E-state index in [1.54, 1.807) is 18.0 Å². The van der Waals surface area contributed by atoms with Crippen LogP contribution in [0.5, 0.6) is 0 Å². The van der Waals surface area contributed by atoms with Crippen LogP contribution in [0.3, 0.4) is 0 Å². The van der Waals surface area contributed by atoms with Crippen LogP contribution in [-0.4, -0.2) is 16.8 Å². The van der Waals surface area contributed by atoms with Gasteiger partial charge in [0.2, 0.25) is 0 Å². The highest BCUT2D eigenvalue weighted by Crippen LogP contribution is 2.29. The molecule has 0 saturated heterocycles. The van der Waals surface area contributed by atoms with Gasteiger partial charge >= 0.3 is 0 Å². The van der Waals surface area contributed by atoms with Gasteiger partial charge in [-0.1, -0.05) is 13.5 Å². The number of rotatable bonds is 5. The van der Waals surface area contributed by atoms with Gasteiger partial charge in [-0.05, 0) is 24.1 Å². The van der Waals surface area contributed by atoms with E-state index in [4.69, 9.17) is 3.07 Å². The Kier molecular flexibility index (Phi) is 5.63. The lowest BCUT2D eigenvalue weighted by molar-refractivity contribution is 0.431. The Morgan fingerprint density at radius 1 is 1.73 bits per heavy atom. The molecular formula is C11H14INOS. The summed E-state index contributed by atoms with van der Waals surface area (Å²) >= 11 is 3.69. The number of aromatic nitrogens is 1. The van der Waals surface area contributed by atoms with Crippen LogP contribution in [0.25, 0.3) is 5.57 Å². The Morgan fingerprint density at radius 3 is 3.07 bits per heavy atom. The summed E-state index contributed by atoms with van der Waals surface area (Å²) in [4.78, 5) is 5.31. The third-order valence-electron chi connectivity index (χ3n) is 1.87. The number of pyridine rings is 1. The highest BCUT2D eigenvalue weighted by molar-refractivity contribution is 14.1. The molecule has 0 amide bonds. The maximum absolute atomic E-state index is 5.08. The molecule has 1 aromatic heterocycles. The fourth-order valence-corrected chi connectivity index (χ4v) is 3.01. The monoisotopic (exact) mass is 335 g/mol. The summed E-state index contributed by atoms with van der Waals surface area (Å²) in [7, 11) is 0. The number of hydrogen-bond donors (Lipinski definition) is 0. The topological polar surface area (TPSA) is 22.1 Å². The van der Waals surface area contributed by atoms with Gasteiger partial charge in [0.15, 0.2) is 0 Å². The maximum atomic E-state index is 5.08. The molecule has 0 aliphatic heterocycles. The van der Waals surface area contributed by atoms with E-state index < -0.39 is 0 Å². The summed E-state index contributed by atoms with van der Waals surface area (Å²) < 4.78 is 5.08. The fraction of sp³-hybridized carbons (Fsp3) is 0.364. The van der Waals surface area contributed by atoms with Crippen molar-refractivity contribution < 1.29 is 3.07 Å². The quantitative estimate of drug-likeness (QED) is 0.601. The number of allylic oxidation sites excluding steroid dienone is 1. The van der Waals surface area contributed by atoms with Gasteiger partial charge in [0.25, 0.3) is 0 Å². The molecule has 0 aliphatic rings. The molecule has 15 heavy (non-hydrogen) atoms. The lowest BCUT2D eigenvalue weighted by atomic mass is 10.1. The SMILES string of the molecule is C=C(C)c1ccncc1SC(C)COI. The largest absolute Gasteiger partial charge is 0.315 e. The average molecular weight is 335 g/mol. The summed E-state index contributed by atoms with van der Waals surface area (Å²) in [6.45, 7) is 8.85. The lowest BCUT2D eigenvalue weighted by Gasteiger charge is -2.12. The van der Waals surface area contributed by atoms with Crippen LogP contribution >= 0.6 is 34.8 Å². The van der Waals surface area contributed by atoms with E-state index in [1.807, 2.05) is 42.2 Å².